The van der Waals surface area contributed by atoms with Crippen LogP contribution >= 0.6 is 0 Å². The van der Waals surface area contributed by atoms with Crippen LogP contribution in [0.3, 0.4) is 0 Å². The molecule has 0 aliphatic carbocycles. The first-order chi connectivity index (χ1) is 20.7. The van der Waals surface area contributed by atoms with Crippen LogP contribution < -0.4 is 15.0 Å². The molecule has 0 amide bonds. The lowest BCUT2D eigenvalue weighted by Crippen LogP contribution is -2.06. The zero-order chi connectivity index (χ0) is 28.7. The van der Waals surface area contributed by atoms with Crippen LogP contribution in [0.5, 0.6) is 11.5 Å². The largest absolute Gasteiger partial charge is 0.497 e. The van der Waals surface area contributed by atoms with Gasteiger partial charge in [-0.15, -0.1) is 0 Å². The fraction of sp³-hybridized carbons (Fsp3) is 0.114. The molecular formula is C35H30N4O3. The van der Waals surface area contributed by atoms with Gasteiger partial charge in [0.15, 0.2) is 0 Å². The molecule has 7 nitrogen and oxygen atoms in total. The lowest BCUT2D eigenvalue weighted by atomic mass is 9.99. The topological polar surface area (TPSA) is 82.0 Å². The van der Waals surface area contributed by atoms with Gasteiger partial charge in [-0.2, -0.15) is 10.2 Å². The second-order valence-electron chi connectivity index (χ2n) is 9.86. The van der Waals surface area contributed by atoms with E-state index in [0.717, 1.165) is 51.6 Å². The van der Waals surface area contributed by atoms with Gasteiger partial charge >= 0.3 is 0 Å². The zero-order valence-corrected chi connectivity index (χ0v) is 23.2. The van der Waals surface area contributed by atoms with Gasteiger partial charge in [-0.3, -0.25) is 9.48 Å². The average Bonchev–Trinajstić information content (AvgIpc) is 3.42. The molecule has 42 heavy (non-hydrogen) atoms. The second-order valence-corrected chi connectivity index (χ2v) is 9.86. The summed E-state index contributed by atoms with van der Waals surface area (Å²) in [5.41, 5.74) is 7.01. The lowest BCUT2D eigenvalue weighted by molar-refractivity contribution is 0.322. The molecule has 2 heterocycles. The number of rotatable bonds is 10. The smallest absolute Gasteiger partial charge is 0.264 e. The van der Waals surface area contributed by atoms with Crippen LogP contribution in [-0.2, 0) is 13.0 Å². The maximum absolute atomic E-state index is 11.9. The van der Waals surface area contributed by atoms with Crippen molar-refractivity contribution < 1.29 is 9.47 Å². The minimum Gasteiger partial charge on any atom is -0.497 e. The fourth-order valence-electron chi connectivity index (χ4n) is 4.96. The van der Waals surface area contributed by atoms with Gasteiger partial charge < -0.3 is 9.47 Å². The third-order valence-electron chi connectivity index (χ3n) is 7.04. The van der Waals surface area contributed by atoms with E-state index in [4.69, 9.17) is 14.6 Å². The molecular weight excluding hydrogens is 524 g/mol. The molecule has 0 saturated carbocycles. The molecule has 0 aliphatic rings. The standard InChI is InChI=1S/C35H30N4O3/c1-41-29-17-15-26(16-18-29)24-39-35(27-11-6-3-7-12-27)33(31-19-20-32(40)37-36-31)34(38-39)28-13-8-14-30(23-28)42-22-21-25-9-4-2-5-10-25/h2-20,23H,21-22,24H2,1H3,(H,37,40). The molecule has 2 aromatic heterocycles. The Morgan fingerprint density at radius 2 is 1.48 bits per heavy atom. The molecule has 1 N–H and O–H groups in total. The summed E-state index contributed by atoms with van der Waals surface area (Å²) < 4.78 is 13.5. The monoisotopic (exact) mass is 554 g/mol. The predicted molar refractivity (Wildman–Crippen MR) is 165 cm³/mol. The highest BCUT2D eigenvalue weighted by Crippen LogP contribution is 2.40. The van der Waals surface area contributed by atoms with Crippen molar-refractivity contribution in [1.29, 1.82) is 0 Å². The van der Waals surface area contributed by atoms with Crippen LogP contribution in [0.2, 0.25) is 0 Å². The number of hydrogen-bond acceptors (Lipinski definition) is 5. The van der Waals surface area contributed by atoms with E-state index in [-0.39, 0.29) is 5.56 Å². The molecule has 7 heteroatoms. The van der Waals surface area contributed by atoms with Gasteiger partial charge in [0.2, 0.25) is 0 Å². The third kappa shape index (κ3) is 6.00. The number of H-pyrrole nitrogens is 1. The van der Waals surface area contributed by atoms with Gasteiger partial charge in [0.25, 0.3) is 5.56 Å². The number of nitrogens with one attached hydrogen (secondary N) is 1. The van der Waals surface area contributed by atoms with Crippen molar-refractivity contribution in [1.82, 2.24) is 20.0 Å². The number of nitrogens with zero attached hydrogens (tertiary/aromatic N) is 3. The molecule has 0 fully saturated rings. The van der Waals surface area contributed by atoms with E-state index >= 15 is 0 Å². The van der Waals surface area contributed by atoms with E-state index in [1.165, 1.54) is 11.6 Å². The van der Waals surface area contributed by atoms with E-state index in [2.05, 4.69) is 34.5 Å². The molecule has 0 aliphatic heterocycles. The Morgan fingerprint density at radius 3 is 2.19 bits per heavy atom. The summed E-state index contributed by atoms with van der Waals surface area (Å²) >= 11 is 0. The normalized spacial score (nSPS) is 10.9. The van der Waals surface area contributed by atoms with Crippen LogP contribution in [0.4, 0.5) is 0 Å². The molecule has 0 atom stereocenters. The second kappa shape index (κ2) is 12.4. The van der Waals surface area contributed by atoms with E-state index < -0.39 is 0 Å². The van der Waals surface area contributed by atoms with Crippen LogP contribution in [-0.4, -0.2) is 33.7 Å². The van der Waals surface area contributed by atoms with Crippen molar-refractivity contribution >= 4 is 0 Å². The predicted octanol–water partition coefficient (Wildman–Crippen LogP) is 6.65. The first-order valence-corrected chi connectivity index (χ1v) is 13.8. The highest BCUT2D eigenvalue weighted by molar-refractivity contribution is 5.90. The fourth-order valence-corrected chi connectivity index (χ4v) is 4.96. The van der Waals surface area contributed by atoms with Gasteiger partial charge in [-0.1, -0.05) is 84.9 Å². The van der Waals surface area contributed by atoms with Crippen LogP contribution in [0.15, 0.2) is 126 Å². The zero-order valence-electron chi connectivity index (χ0n) is 23.2. The summed E-state index contributed by atoms with van der Waals surface area (Å²) in [5, 5.41) is 12.2. The summed E-state index contributed by atoms with van der Waals surface area (Å²) in [6.45, 7) is 1.08. The summed E-state index contributed by atoms with van der Waals surface area (Å²) in [4.78, 5) is 11.9. The molecule has 6 aromatic rings. The Labute approximate surface area is 244 Å². The van der Waals surface area contributed by atoms with Crippen LogP contribution in [0.25, 0.3) is 33.8 Å². The summed E-state index contributed by atoms with van der Waals surface area (Å²) in [7, 11) is 1.66. The number of ether oxygens (including phenoxy) is 2. The van der Waals surface area contributed by atoms with Crippen molar-refractivity contribution in [3.8, 4) is 45.3 Å². The van der Waals surface area contributed by atoms with E-state index in [9.17, 15) is 4.79 Å². The molecule has 6 rings (SSSR count). The van der Waals surface area contributed by atoms with Crippen molar-refractivity contribution in [2.45, 2.75) is 13.0 Å². The highest BCUT2D eigenvalue weighted by Gasteiger charge is 2.24. The van der Waals surface area contributed by atoms with Gasteiger partial charge in [0.05, 0.1) is 37.2 Å². The number of benzene rings is 4. The summed E-state index contributed by atoms with van der Waals surface area (Å²) in [6, 6.07) is 39.6. The molecule has 0 spiro atoms. The molecule has 4 aromatic carbocycles. The number of aromatic nitrogens is 4. The Balaban J connectivity index is 1.44. The van der Waals surface area contributed by atoms with Crippen molar-refractivity contribution in [2.24, 2.45) is 0 Å². The van der Waals surface area contributed by atoms with E-state index in [0.29, 0.717) is 18.8 Å². The van der Waals surface area contributed by atoms with Gasteiger partial charge in [0, 0.05) is 23.6 Å². The minimum atomic E-state index is -0.263. The van der Waals surface area contributed by atoms with Crippen molar-refractivity contribution in [3.63, 3.8) is 0 Å². The maximum Gasteiger partial charge on any atom is 0.264 e. The quantitative estimate of drug-likeness (QED) is 0.205. The van der Waals surface area contributed by atoms with Crippen LogP contribution in [0.1, 0.15) is 11.1 Å². The van der Waals surface area contributed by atoms with Gasteiger partial charge in [-0.25, -0.2) is 5.10 Å². The van der Waals surface area contributed by atoms with Gasteiger partial charge in [-0.05, 0) is 41.5 Å². The van der Waals surface area contributed by atoms with E-state index in [1.807, 2.05) is 89.6 Å². The van der Waals surface area contributed by atoms with Gasteiger partial charge in [0.1, 0.15) is 17.2 Å². The Hall–Kier alpha value is -5.43. The minimum absolute atomic E-state index is 0.263. The highest BCUT2D eigenvalue weighted by atomic mass is 16.5. The lowest BCUT2D eigenvalue weighted by Gasteiger charge is -2.11. The van der Waals surface area contributed by atoms with E-state index in [1.54, 1.807) is 13.2 Å². The van der Waals surface area contributed by atoms with Crippen molar-refractivity contribution in [2.75, 3.05) is 13.7 Å². The van der Waals surface area contributed by atoms with Crippen molar-refractivity contribution in [3.05, 3.63) is 143 Å². The SMILES string of the molecule is COc1ccc(Cn2nc(-c3cccc(OCCc4ccccc4)c3)c(-c3ccc(=O)[nH]n3)c2-c2ccccc2)cc1. The Bertz CT molecular complexity index is 1810. The molecule has 0 bridgehead atoms. The average molecular weight is 555 g/mol. The molecule has 208 valence electrons. The first-order valence-electron chi connectivity index (χ1n) is 13.8. The van der Waals surface area contributed by atoms with Crippen LogP contribution in [0, 0.1) is 0 Å². The first kappa shape index (κ1) is 26.8. The maximum atomic E-state index is 11.9. The third-order valence-corrected chi connectivity index (χ3v) is 7.04. The molecule has 0 radical (unpaired) electrons. The number of hydrogen-bond donors (Lipinski definition) is 1. The number of aromatic amines is 1. The summed E-state index contributed by atoms with van der Waals surface area (Å²) in [6.07, 6.45) is 0.812. The summed E-state index contributed by atoms with van der Waals surface area (Å²) in [5.74, 6) is 1.56. The molecule has 0 unspecified atom stereocenters. The number of methoxy groups -OCH3 is 1. The molecule has 0 saturated heterocycles. The Morgan fingerprint density at radius 1 is 0.738 bits per heavy atom. The Kier molecular flexibility index (Phi) is 7.90.